The molecule has 0 saturated carbocycles. The van der Waals surface area contributed by atoms with Gasteiger partial charge in [-0.3, -0.25) is 4.79 Å². The number of ether oxygens (including phenoxy) is 3. The van der Waals surface area contributed by atoms with Crippen LogP contribution in [0.25, 0.3) is 16.5 Å². The number of amides is 2. The quantitative estimate of drug-likeness (QED) is 0.489. The van der Waals surface area contributed by atoms with E-state index in [4.69, 9.17) is 14.2 Å². The molecule has 0 aliphatic carbocycles. The van der Waals surface area contributed by atoms with Crippen molar-refractivity contribution in [2.75, 3.05) is 6.54 Å². The minimum Gasteiger partial charge on any atom is -0.497 e. The molecule has 2 aliphatic heterocycles. The van der Waals surface area contributed by atoms with Crippen LogP contribution in [0, 0.1) is 18.8 Å². The third kappa shape index (κ3) is 4.73. The molecule has 0 N–H and O–H groups in total. The van der Waals surface area contributed by atoms with Gasteiger partial charge in [0.2, 0.25) is 5.91 Å². The summed E-state index contributed by atoms with van der Waals surface area (Å²) >= 11 is 0. The minimum absolute atomic E-state index is 0.227. The van der Waals surface area contributed by atoms with Gasteiger partial charge in [0.25, 0.3) is 0 Å². The van der Waals surface area contributed by atoms with Gasteiger partial charge < -0.3 is 14.2 Å². The van der Waals surface area contributed by atoms with E-state index >= 15 is 0 Å². The standard InChI is InChI=1S/C28H36N2O6/c1-16-18-11-9-10-12-21(18)30(26(33)36-28(6,7)8)23(16)20-15-34-17(2)22-19(20)13-14-29(24(22)31)25(32)35-27(3,4)5/h9-12,15,17,19,22H,13-14H2,1-8H3/t17-,19-,22+/m1/s1. The lowest BCUT2D eigenvalue weighted by Crippen LogP contribution is -2.54. The molecule has 36 heavy (non-hydrogen) atoms. The van der Waals surface area contributed by atoms with Crippen molar-refractivity contribution in [1.29, 1.82) is 0 Å². The van der Waals surface area contributed by atoms with Gasteiger partial charge >= 0.3 is 12.2 Å². The number of aromatic nitrogens is 1. The molecule has 1 saturated heterocycles. The van der Waals surface area contributed by atoms with Crippen LogP contribution in [0.2, 0.25) is 0 Å². The Labute approximate surface area is 212 Å². The molecule has 1 aromatic carbocycles. The number of hydrogen-bond donors (Lipinski definition) is 0. The van der Waals surface area contributed by atoms with Crippen LogP contribution in [0.3, 0.4) is 0 Å². The van der Waals surface area contributed by atoms with Crippen LogP contribution in [0.1, 0.15) is 66.1 Å². The first-order valence-electron chi connectivity index (χ1n) is 12.4. The average Bonchev–Trinajstić information content (AvgIpc) is 3.04. The summed E-state index contributed by atoms with van der Waals surface area (Å²) in [5, 5.41) is 0.923. The summed E-state index contributed by atoms with van der Waals surface area (Å²) in [6, 6.07) is 7.66. The van der Waals surface area contributed by atoms with Crippen LogP contribution in [0.4, 0.5) is 9.59 Å². The topological polar surface area (TPSA) is 87.1 Å². The number of hydrogen-bond acceptors (Lipinski definition) is 6. The van der Waals surface area contributed by atoms with Gasteiger partial charge in [0, 0.05) is 23.4 Å². The Morgan fingerprint density at radius 2 is 1.61 bits per heavy atom. The zero-order valence-corrected chi connectivity index (χ0v) is 22.4. The summed E-state index contributed by atoms with van der Waals surface area (Å²) in [5.74, 6) is -1.14. The zero-order valence-electron chi connectivity index (χ0n) is 22.4. The summed E-state index contributed by atoms with van der Waals surface area (Å²) < 4.78 is 18.8. The lowest BCUT2D eigenvalue weighted by molar-refractivity contribution is -0.144. The highest BCUT2D eigenvalue weighted by atomic mass is 16.6. The van der Waals surface area contributed by atoms with Crippen molar-refractivity contribution in [1.82, 2.24) is 9.47 Å². The molecule has 1 aromatic heterocycles. The number of piperidine rings is 1. The summed E-state index contributed by atoms with van der Waals surface area (Å²) in [6.45, 7) is 14.8. The molecule has 2 aliphatic rings. The predicted molar refractivity (Wildman–Crippen MR) is 136 cm³/mol. The van der Waals surface area contributed by atoms with Crippen LogP contribution in [0.15, 0.2) is 30.5 Å². The molecule has 8 nitrogen and oxygen atoms in total. The van der Waals surface area contributed by atoms with Crippen molar-refractivity contribution < 1.29 is 28.6 Å². The van der Waals surface area contributed by atoms with Gasteiger partial charge in [0.1, 0.15) is 17.3 Å². The number of allylic oxidation sites excluding steroid dienone is 1. The first-order chi connectivity index (χ1) is 16.7. The maximum Gasteiger partial charge on any atom is 0.419 e. The van der Waals surface area contributed by atoms with Crippen molar-refractivity contribution in [3.63, 3.8) is 0 Å². The molecule has 2 aromatic rings. The maximum atomic E-state index is 13.6. The number of nitrogens with zero attached hydrogens (tertiary/aromatic N) is 2. The van der Waals surface area contributed by atoms with E-state index < -0.39 is 35.4 Å². The molecule has 0 radical (unpaired) electrons. The second-order valence-electron chi connectivity index (χ2n) is 11.6. The van der Waals surface area contributed by atoms with E-state index in [2.05, 4.69) is 0 Å². The van der Waals surface area contributed by atoms with Crippen LogP contribution in [0.5, 0.6) is 0 Å². The summed E-state index contributed by atoms with van der Waals surface area (Å²) in [6.07, 6.45) is 0.634. The van der Waals surface area contributed by atoms with Crippen molar-refractivity contribution in [2.24, 2.45) is 11.8 Å². The van der Waals surface area contributed by atoms with E-state index in [1.807, 2.05) is 58.9 Å². The monoisotopic (exact) mass is 496 g/mol. The van der Waals surface area contributed by atoms with Crippen LogP contribution < -0.4 is 0 Å². The van der Waals surface area contributed by atoms with E-state index in [0.29, 0.717) is 12.1 Å². The van der Waals surface area contributed by atoms with Crippen LogP contribution >= 0.6 is 0 Å². The second-order valence-corrected chi connectivity index (χ2v) is 11.6. The van der Waals surface area contributed by atoms with E-state index in [1.54, 1.807) is 31.6 Å². The van der Waals surface area contributed by atoms with E-state index in [1.165, 1.54) is 4.90 Å². The Morgan fingerprint density at radius 1 is 1.00 bits per heavy atom. The molecular weight excluding hydrogens is 460 g/mol. The Morgan fingerprint density at radius 3 is 2.25 bits per heavy atom. The second kappa shape index (κ2) is 8.98. The average molecular weight is 497 g/mol. The highest BCUT2D eigenvalue weighted by molar-refractivity contribution is 6.00. The Kier molecular flexibility index (Phi) is 6.43. The van der Waals surface area contributed by atoms with Crippen molar-refractivity contribution in [3.8, 4) is 0 Å². The summed E-state index contributed by atoms with van der Waals surface area (Å²) in [4.78, 5) is 41.0. The molecule has 1 fully saturated rings. The maximum absolute atomic E-state index is 13.6. The number of aryl methyl sites for hydroxylation is 1. The molecule has 0 unspecified atom stereocenters. The van der Waals surface area contributed by atoms with Crippen molar-refractivity contribution >= 4 is 34.6 Å². The van der Waals surface area contributed by atoms with E-state index in [0.717, 1.165) is 22.0 Å². The van der Waals surface area contributed by atoms with Gasteiger partial charge in [-0.25, -0.2) is 19.1 Å². The number of carbonyl (C=O) groups is 3. The third-order valence-corrected chi connectivity index (χ3v) is 6.55. The lowest BCUT2D eigenvalue weighted by Gasteiger charge is -2.42. The SMILES string of the molecule is Cc1c(C2=CO[C@H](C)[C@@H]3C(=O)N(C(=O)OC(C)(C)C)CC[C@H]23)n(C(=O)OC(C)(C)C)c2ccccc12. The molecule has 8 heteroatoms. The van der Waals surface area contributed by atoms with E-state index in [-0.39, 0.29) is 18.4 Å². The smallest absolute Gasteiger partial charge is 0.419 e. The largest absolute Gasteiger partial charge is 0.497 e. The molecular formula is C28H36N2O6. The molecule has 2 amide bonds. The number of fused-ring (bicyclic) bond motifs is 2. The minimum atomic E-state index is -0.709. The zero-order chi connectivity index (χ0) is 26.6. The fourth-order valence-electron chi connectivity index (χ4n) is 5.11. The van der Waals surface area contributed by atoms with Gasteiger partial charge in [-0.2, -0.15) is 0 Å². The molecule has 194 valence electrons. The van der Waals surface area contributed by atoms with Gasteiger partial charge in [-0.1, -0.05) is 18.2 Å². The number of likely N-dealkylation sites (tertiary alicyclic amines) is 1. The van der Waals surface area contributed by atoms with Gasteiger partial charge in [-0.15, -0.1) is 0 Å². The van der Waals surface area contributed by atoms with Crippen molar-refractivity contribution in [3.05, 3.63) is 41.8 Å². The number of benzene rings is 1. The highest BCUT2D eigenvalue weighted by Crippen LogP contribution is 2.45. The Hall–Kier alpha value is -3.29. The normalized spacial score (nSPS) is 22.6. The Balaban J connectivity index is 1.78. The van der Waals surface area contributed by atoms with Gasteiger partial charge in [0.15, 0.2) is 0 Å². The molecule has 0 bridgehead atoms. The van der Waals surface area contributed by atoms with Crippen LogP contribution in [-0.4, -0.2) is 51.4 Å². The van der Waals surface area contributed by atoms with E-state index in [9.17, 15) is 14.4 Å². The third-order valence-electron chi connectivity index (χ3n) is 6.55. The molecule has 0 spiro atoms. The first-order valence-corrected chi connectivity index (χ1v) is 12.4. The van der Waals surface area contributed by atoms with Gasteiger partial charge in [-0.05, 0) is 73.4 Å². The molecule has 3 atom stereocenters. The molecule has 3 heterocycles. The summed E-state index contributed by atoms with van der Waals surface area (Å²) in [5.41, 5.74) is 1.67. The number of rotatable bonds is 1. The van der Waals surface area contributed by atoms with Crippen molar-refractivity contribution in [2.45, 2.75) is 79.1 Å². The lowest BCUT2D eigenvalue weighted by atomic mass is 9.74. The first kappa shape index (κ1) is 25.8. The Bertz CT molecular complexity index is 1240. The summed E-state index contributed by atoms with van der Waals surface area (Å²) in [7, 11) is 0. The van der Waals surface area contributed by atoms with Gasteiger partial charge in [0.05, 0.1) is 23.4 Å². The fourth-order valence-corrected chi connectivity index (χ4v) is 5.11. The highest BCUT2D eigenvalue weighted by Gasteiger charge is 2.48. The predicted octanol–water partition coefficient (Wildman–Crippen LogP) is 5.89. The van der Waals surface area contributed by atoms with Crippen LogP contribution in [-0.2, 0) is 19.0 Å². The number of imide groups is 1. The molecule has 4 rings (SSSR count). The number of carbonyl (C=O) groups excluding carboxylic acids is 3. The fraction of sp³-hybridized carbons (Fsp3) is 0.536. The number of para-hydroxylation sites is 1.